The summed E-state index contributed by atoms with van der Waals surface area (Å²) in [6.07, 6.45) is 1.28. The summed E-state index contributed by atoms with van der Waals surface area (Å²) < 4.78 is 35.8. The SMILES string of the molecule is COC(=O)[C@H](CNC(=O)c1cccs1)NC(=O)c1c(C)nc(NCC#Cc2ccc(F)c(O)c2)nc1C.COC(=O)[C@H](CNC(=O)c1cccs1)NC(=O)c1c(C)nc(NCCCc2ccc(F)c(O)c2)nc1C. The molecule has 0 aliphatic carbocycles. The van der Waals surface area contributed by atoms with E-state index in [1.54, 1.807) is 68.8 Å². The summed E-state index contributed by atoms with van der Waals surface area (Å²) >= 11 is 2.51. The van der Waals surface area contributed by atoms with Crippen molar-refractivity contribution in [2.45, 2.75) is 52.6 Å². The van der Waals surface area contributed by atoms with Crippen LogP contribution in [0.4, 0.5) is 20.7 Å². The number of benzene rings is 2. The standard InChI is InChI=1S/C25H28FN5O5S.C25H24FN5O5S/c2*1-14-21(23(34)31-18(24(35)36-3)13-28-22(33)20-7-5-11-37-20)15(2)30-25(29-14)27-10-4-6-16-8-9-17(26)19(32)12-16/h5,7-9,11-12,18,32H,4,6,10,13H2,1-3H3,(H,28,33)(H,31,34)(H,27,29,30);5,7-9,11-12,18,32H,10,13H2,1-3H3,(H,28,33)(H,31,34)(H,27,29,30)/t2*18-/m00/s1. The molecule has 0 aliphatic rings. The predicted octanol–water partition coefficient (Wildman–Crippen LogP) is 4.91. The largest absolute Gasteiger partial charge is 0.505 e. The number of phenols is 2. The van der Waals surface area contributed by atoms with Gasteiger partial charge in [0.05, 0.1) is 64.4 Å². The Bertz CT molecular complexity index is 2990. The van der Waals surface area contributed by atoms with Crippen molar-refractivity contribution in [1.29, 1.82) is 0 Å². The normalized spacial score (nSPS) is 11.2. The van der Waals surface area contributed by atoms with Gasteiger partial charge in [-0.25, -0.2) is 38.3 Å². The lowest BCUT2D eigenvalue weighted by Gasteiger charge is -2.18. The minimum atomic E-state index is -1.13. The number of nitrogens with one attached hydrogen (secondary N) is 6. The van der Waals surface area contributed by atoms with Crippen molar-refractivity contribution in [1.82, 2.24) is 41.2 Å². The predicted molar refractivity (Wildman–Crippen MR) is 271 cm³/mol. The van der Waals surface area contributed by atoms with Crippen molar-refractivity contribution in [2.75, 3.05) is 51.0 Å². The number of aromatic nitrogens is 4. The lowest BCUT2D eigenvalue weighted by molar-refractivity contribution is -0.143. The summed E-state index contributed by atoms with van der Waals surface area (Å²) in [5, 5.41) is 38.8. The van der Waals surface area contributed by atoms with Crippen LogP contribution in [0.3, 0.4) is 0 Å². The number of halogens is 2. The molecule has 6 aromatic rings. The van der Waals surface area contributed by atoms with Gasteiger partial charge in [0.25, 0.3) is 23.6 Å². The molecule has 74 heavy (non-hydrogen) atoms. The molecule has 4 aromatic heterocycles. The first-order valence-corrected chi connectivity index (χ1v) is 24.2. The van der Waals surface area contributed by atoms with Gasteiger partial charge in [0.2, 0.25) is 11.9 Å². The molecule has 388 valence electrons. The van der Waals surface area contributed by atoms with Gasteiger partial charge in [-0.15, -0.1) is 22.7 Å². The van der Waals surface area contributed by atoms with Gasteiger partial charge in [0.15, 0.2) is 23.1 Å². The number of aryl methyl sites for hydroxylation is 5. The zero-order chi connectivity index (χ0) is 53.9. The molecule has 0 bridgehead atoms. The van der Waals surface area contributed by atoms with Crippen LogP contribution in [-0.2, 0) is 25.5 Å². The highest BCUT2D eigenvalue weighted by atomic mass is 32.1. The van der Waals surface area contributed by atoms with E-state index in [-0.39, 0.29) is 54.3 Å². The van der Waals surface area contributed by atoms with E-state index in [1.807, 2.05) is 0 Å². The molecule has 24 heteroatoms. The monoisotopic (exact) mass is 1050 g/mol. The number of esters is 2. The number of rotatable bonds is 19. The van der Waals surface area contributed by atoms with E-state index in [4.69, 9.17) is 9.47 Å². The Morgan fingerprint density at radius 2 is 1.09 bits per heavy atom. The second-order valence-electron chi connectivity index (χ2n) is 15.8. The average Bonchev–Trinajstić information content (AvgIpc) is 4.12. The highest BCUT2D eigenvalue weighted by molar-refractivity contribution is 7.12. The minimum Gasteiger partial charge on any atom is -0.505 e. The molecule has 4 amide bonds. The summed E-state index contributed by atoms with van der Waals surface area (Å²) in [4.78, 5) is 93.0. The third-order valence-corrected chi connectivity index (χ3v) is 12.2. The number of aromatic hydroxyl groups is 2. The van der Waals surface area contributed by atoms with Crippen LogP contribution in [0, 0.1) is 51.2 Å². The van der Waals surface area contributed by atoms with Gasteiger partial charge in [-0.2, -0.15) is 0 Å². The van der Waals surface area contributed by atoms with E-state index < -0.39 is 53.2 Å². The van der Waals surface area contributed by atoms with Crippen molar-refractivity contribution in [3.63, 3.8) is 0 Å². The molecule has 0 aliphatic heterocycles. The Balaban J connectivity index is 0.000000274. The zero-order valence-electron chi connectivity index (χ0n) is 40.8. The Hall–Kier alpha value is -8.56. The van der Waals surface area contributed by atoms with Crippen LogP contribution in [-0.4, -0.2) is 118 Å². The quantitative estimate of drug-likeness (QED) is 0.0304. The fraction of sp³-hybridized carbons (Fsp3) is 0.280. The molecule has 0 spiro atoms. The van der Waals surface area contributed by atoms with Gasteiger partial charge in [-0.05, 0) is 99.3 Å². The van der Waals surface area contributed by atoms with Crippen molar-refractivity contribution >= 4 is 70.1 Å². The summed E-state index contributed by atoms with van der Waals surface area (Å²) in [5.74, 6) is 0.574. The van der Waals surface area contributed by atoms with Crippen LogP contribution >= 0.6 is 22.7 Å². The molecule has 6 rings (SSSR count). The number of amides is 4. The van der Waals surface area contributed by atoms with Gasteiger partial charge in [0, 0.05) is 25.2 Å². The summed E-state index contributed by atoms with van der Waals surface area (Å²) in [6.45, 7) is 6.89. The average molecular weight is 1060 g/mol. The zero-order valence-corrected chi connectivity index (χ0v) is 42.5. The molecule has 0 radical (unpaired) electrons. The first kappa shape index (κ1) is 56.4. The Morgan fingerprint density at radius 1 is 0.635 bits per heavy atom. The van der Waals surface area contributed by atoms with Crippen LogP contribution in [0.2, 0.25) is 0 Å². The molecule has 0 saturated heterocycles. The second kappa shape index (κ2) is 27.3. The highest BCUT2D eigenvalue weighted by Crippen LogP contribution is 2.20. The van der Waals surface area contributed by atoms with E-state index in [2.05, 4.69) is 63.7 Å². The maximum absolute atomic E-state index is 13.2. The molecule has 4 heterocycles. The minimum absolute atomic E-state index is 0.150. The highest BCUT2D eigenvalue weighted by Gasteiger charge is 2.27. The number of carbonyl (C=O) groups excluding carboxylic acids is 6. The summed E-state index contributed by atoms with van der Waals surface area (Å²) in [6, 6.07) is 12.5. The van der Waals surface area contributed by atoms with Gasteiger partial charge < -0.3 is 51.6 Å². The Labute approximate surface area is 431 Å². The Morgan fingerprint density at radius 3 is 1.53 bits per heavy atom. The van der Waals surface area contributed by atoms with Crippen molar-refractivity contribution in [3.05, 3.63) is 138 Å². The number of carbonyl (C=O) groups is 6. The molecule has 8 N–H and O–H groups in total. The van der Waals surface area contributed by atoms with Crippen LogP contribution in [0.25, 0.3) is 0 Å². The molecule has 2 aromatic carbocycles. The first-order valence-electron chi connectivity index (χ1n) is 22.4. The van der Waals surface area contributed by atoms with Crippen LogP contribution in [0.5, 0.6) is 11.5 Å². The third-order valence-electron chi connectivity index (χ3n) is 10.5. The van der Waals surface area contributed by atoms with Crippen LogP contribution in [0.1, 0.15) is 80.4 Å². The number of hydrogen-bond donors (Lipinski definition) is 8. The molecule has 0 saturated carbocycles. The fourth-order valence-electron chi connectivity index (χ4n) is 6.83. The number of phenolic OH excluding ortho intramolecular Hbond substituents is 2. The maximum Gasteiger partial charge on any atom is 0.330 e. The lowest BCUT2D eigenvalue weighted by atomic mass is 10.1. The molecule has 0 unspecified atom stereocenters. The van der Waals surface area contributed by atoms with Gasteiger partial charge in [-0.3, -0.25) is 19.2 Å². The van der Waals surface area contributed by atoms with Crippen LogP contribution in [0.15, 0.2) is 71.4 Å². The molecule has 0 fully saturated rings. The number of thiophene rings is 2. The molecule has 20 nitrogen and oxygen atoms in total. The number of hydrogen-bond acceptors (Lipinski definition) is 18. The van der Waals surface area contributed by atoms with Crippen molar-refractivity contribution in [3.8, 4) is 23.3 Å². The van der Waals surface area contributed by atoms with E-state index >= 15 is 0 Å². The number of anilines is 2. The second-order valence-corrected chi connectivity index (χ2v) is 17.7. The van der Waals surface area contributed by atoms with Crippen molar-refractivity contribution in [2.24, 2.45) is 0 Å². The third kappa shape index (κ3) is 16.2. The summed E-state index contributed by atoms with van der Waals surface area (Å²) in [7, 11) is 2.38. The fourth-order valence-corrected chi connectivity index (χ4v) is 8.11. The van der Waals surface area contributed by atoms with E-state index in [0.717, 1.165) is 11.6 Å². The smallest absolute Gasteiger partial charge is 0.330 e. The molecular weight excluding hydrogens is 1000 g/mol. The van der Waals surface area contributed by atoms with Gasteiger partial charge >= 0.3 is 11.9 Å². The summed E-state index contributed by atoms with van der Waals surface area (Å²) in [5.41, 5.74) is 3.15. The number of nitrogens with zero attached hydrogens (tertiary/aromatic N) is 4. The van der Waals surface area contributed by atoms with Crippen LogP contribution < -0.4 is 31.9 Å². The van der Waals surface area contributed by atoms with Gasteiger partial charge in [0.1, 0.15) is 12.1 Å². The van der Waals surface area contributed by atoms with Gasteiger partial charge in [-0.1, -0.05) is 30.0 Å². The lowest BCUT2D eigenvalue weighted by Crippen LogP contribution is -2.49. The topological polar surface area (TPSA) is 285 Å². The van der Waals surface area contributed by atoms with E-state index in [9.17, 15) is 47.8 Å². The number of methoxy groups -OCH3 is 2. The first-order chi connectivity index (χ1) is 35.4. The maximum atomic E-state index is 13.2. The number of ether oxygens (including phenoxy) is 2. The Kier molecular flexibility index (Phi) is 20.8. The van der Waals surface area contributed by atoms with E-state index in [0.29, 0.717) is 63.4 Å². The molecule has 2 atom stereocenters. The van der Waals surface area contributed by atoms with E-state index in [1.165, 1.54) is 61.2 Å². The van der Waals surface area contributed by atoms with Crippen molar-refractivity contribution < 1.29 is 57.2 Å². The molecular formula is C50H52F2N10O10S2.